The first-order chi connectivity index (χ1) is 9.08. The number of nitrogens with zero attached hydrogens (tertiary/aromatic N) is 1. The summed E-state index contributed by atoms with van der Waals surface area (Å²) in [7, 11) is 0. The van der Waals surface area contributed by atoms with Gasteiger partial charge in [-0.1, -0.05) is 11.6 Å². The highest BCUT2D eigenvalue weighted by molar-refractivity contribution is 6.30. The maximum atomic E-state index is 13.3. The lowest BCUT2D eigenvalue weighted by atomic mass is 10.3. The number of amides is 1. The number of carbonyl (C=O) groups is 1. The van der Waals surface area contributed by atoms with Gasteiger partial charge in [-0.2, -0.15) is 0 Å². The topological polar surface area (TPSA) is 67.6 Å². The Hall–Kier alpha value is -1.37. The van der Waals surface area contributed by atoms with E-state index in [4.69, 9.17) is 22.1 Å². The van der Waals surface area contributed by atoms with Crippen molar-refractivity contribution < 1.29 is 13.9 Å². The van der Waals surface area contributed by atoms with Crippen molar-refractivity contribution in [2.75, 3.05) is 26.2 Å². The highest BCUT2D eigenvalue weighted by Gasteiger charge is 2.27. The minimum atomic E-state index is -0.900. The molecule has 0 aromatic heterocycles. The molecule has 1 fully saturated rings. The summed E-state index contributed by atoms with van der Waals surface area (Å²) in [6.45, 7) is 2.79. The molecule has 1 aliphatic heterocycles. The molecule has 1 unspecified atom stereocenters. The van der Waals surface area contributed by atoms with Gasteiger partial charge in [-0.25, -0.2) is 4.39 Å². The van der Waals surface area contributed by atoms with Gasteiger partial charge in [0.25, 0.3) is 5.91 Å². The lowest BCUT2D eigenvalue weighted by Gasteiger charge is -2.32. The Morgan fingerprint density at radius 2 is 2.16 bits per heavy atom. The summed E-state index contributed by atoms with van der Waals surface area (Å²) in [6.07, 6.45) is -0.900. The second-order valence-corrected chi connectivity index (χ2v) is 4.64. The Bertz CT molecular complexity index is 466. The summed E-state index contributed by atoms with van der Waals surface area (Å²) in [5, 5.41) is 3.17. The number of ether oxygens (including phenoxy) is 1. The van der Waals surface area contributed by atoms with Crippen molar-refractivity contribution in [2.24, 2.45) is 5.73 Å². The third kappa shape index (κ3) is 3.56. The zero-order valence-corrected chi connectivity index (χ0v) is 11.0. The van der Waals surface area contributed by atoms with Crippen LogP contribution >= 0.6 is 11.6 Å². The molecule has 1 saturated heterocycles. The van der Waals surface area contributed by atoms with Gasteiger partial charge in [0.2, 0.25) is 6.23 Å². The molecule has 1 atom stereocenters. The number of nitrogens with two attached hydrogens (primary N) is 1. The van der Waals surface area contributed by atoms with Gasteiger partial charge in [0.15, 0.2) is 0 Å². The first-order valence-electron chi connectivity index (χ1n) is 5.94. The molecule has 0 spiro atoms. The van der Waals surface area contributed by atoms with E-state index in [0.717, 1.165) is 19.2 Å². The van der Waals surface area contributed by atoms with Gasteiger partial charge in [-0.15, -0.1) is 0 Å². The van der Waals surface area contributed by atoms with E-state index < -0.39 is 18.0 Å². The SMILES string of the molecule is NC(=O)C(Oc1ccc(Cl)c(F)c1)N1CCNCC1. The average molecular weight is 288 g/mol. The van der Waals surface area contributed by atoms with E-state index >= 15 is 0 Å². The van der Waals surface area contributed by atoms with Gasteiger partial charge in [0.1, 0.15) is 11.6 Å². The van der Waals surface area contributed by atoms with Gasteiger partial charge >= 0.3 is 0 Å². The first kappa shape index (κ1) is 14.0. The van der Waals surface area contributed by atoms with Crippen molar-refractivity contribution in [3.8, 4) is 5.75 Å². The Labute approximate surface area is 115 Å². The lowest BCUT2D eigenvalue weighted by molar-refractivity contribution is -0.133. The van der Waals surface area contributed by atoms with Crippen molar-refractivity contribution in [2.45, 2.75) is 6.23 Å². The zero-order chi connectivity index (χ0) is 13.8. The summed E-state index contributed by atoms with van der Waals surface area (Å²) >= 11 is 5.59. The predicted molar refractivity (Wildman–Crippen MR) is 69.5 cm³/mol. The Balaban J connectivity index is 2.11. The van der Waals surface area contributed by atoms with Crippen molar-refractivity contribution in [3.05, 3.63) is 29.0 Å². The van der Waals surface area contributed by atoms with Crippen LogP contribution in [0.15, 0.2) is 18.2 Å². The minimum absolute atomic E-state index is 0.00477. The molecular weight excluding hydrogens is 273 g/mol. The fraction of sp³-hybridized carbons (Fsp3) is 0.417. The normalized spacial score (nSPS) is 18.0. The third-order valence-corrected chi connectivity index (χ3v) is 3.17. The molecule has 19 heavy (non-hydrogen) atoms. The van der Waals surface area contributed by atoms with Crippen molar-refractivity contribution in [1.29, 1.82) is 0 Å². The molecule has 1 aromatic rings. The van der Waals surface area contributed by atoms with E-state index in [9.17, 15) is 9.18 Å². The van der Waals surface area contributed by atoms with E-state index in [-0.39, 0.29) is 10.8 Å². The molecule has 2 rings (SSSR count). The van der Waals surface area contributed by atoms with Crippen LogP contribution in [0.1, 0.15) is 0 Å². The van der Waals surface area contributed by atoms with Gasteiger partial charge < -0.3 is 15.8 Å². The van der Waals surface area contributed by atoms with E-state index in [1.54, 1.807) is 0 Å². The Kier molecular flexibility index (Phi) is 4.57. The summed E-state index contributed by atoms with van der Waals surface area (Å²) in [6, 6.07) is 4.02. The predicted octanol–water partition coefficient (Wildman–Crippen LogP) is 0.574. The fourth-order valence-electron chi connectivity index (χ4n) is 1.91. The molecule has 0 bridgehead atoms. The van der Waals surface area contributed by atoms with Crippen LogP contribution in [0.5, 0.6) is 5.75 Å². The summed E-state index contributed by atoms with van der Waals surface area (Å²) in [5.41, 5.74) is 5.34. The van der Waals surface area contributed by atoms with Crippen LogP contribution in [0.3, 0.4) is 0 Å². The van der Waals surface area contributed by atoms with Gasteiger partial charge in [0, 0.05) is 32.2 Å². The van der Waals surface area contributed by atoms with Gasteiger partial charge in [0.05, 0.1) is 5.02 Å². The van der Waals surface area contributed by atoms with E-state index in [0.29, 0.717) is 13.1 Å². The molecule has 5 nitrogen and oxygen atoms in total. The van der Waals surface area contributed by atoms with E-state index in [1.165, 1.54) is 12.1 Å². The molecule has 0 saturated carbocycles. The molecule has 1 amide bonds. The molecule has 0 radical (unpaired) electrons. The Morgan fingerprint density at radius 3 is 2.74 bits per heavy atom. The van der Waals surface area contributed by atoms with Crippen LogP contribution < -0.4 is 15.8 Å². The number of benzene rings is 1. The highest BCUT2D eigenvalue weighted by atomic mass is 35.5. The maximum absolute atomic E-state index is 13.3. The van der Waals surface area contributed by atoms with E-state index in [2.05, 4.69) is 5.32 Å². The largest absolute Gasteiger partial charge is 0.466 e. The van der Waals surface area contributed by atoms with Crippen LogP contribution in [0.2, 0.25) is 5.02 Å². The van der Waals surface area contributed by atoms with Crippen LogP contribution in [-0.4, -0.2) is 43.2 Å². The quantitative estimate of drug-likeness (QED) is 0.850. The Morgan fingerprint density at radius 1 is 1.47 bits per heavy atom. The van der Waals surface area contributed by atoms with Crippen LogP contribution in [0.4, 0.5) is 4.39 Å². The number of primary amides is 1. The minimum Gasteiger partial charge on any atom is -0.466 e. The number of hydrogen-bond acceptors (Lipinski definition) is 4. The number of nitrogens with one attached hydrogen (secondary N) is 1. The molecule has 1 aromatic carbocycles. The number of hydrogen-bond donors (Lipinski definition) is 2. The van der Waals surface area contributed by atoms with Crippen LogP contribution in [0, 0.1) is 5.82 Å². The number of halogens is 2. The first-order valence-corrected chi connectivity index (χ1v) is 6.31. The van der Waals surface area contributed by atoms with Crippen molar-refractivity contribution in [1.82, 2.24) is 10.2 Å². The highest BCUT2D eigenvalue weighted by Crippen LogP contribution is 2.22. The second kappa shape index (κ2) is 6.18. The molecule has 104 valence electrons. The second-order valence-electron chi connectivity index (χ2n) is 4.23. The summed E-state index contributed by atoms with van der Waals surface area (Å²) in [4.78, 5) is 13.3. The standard InChI is InChI=1S/C12H15ClFN3O2/c13-9-2-1-8(7-10(9)14)19-12(11(15)18)17-5-3-16-4-6-17/h1-2,7,12,16H,3-6H2,(H2,15,18). The van der Waals surface area contributed by atoms with Gasteiger partial charge in [-0.3, -0.25) is 9.69 Å². The average Bonchev–Trinajstić information content (AvgIpc) is 2.40. The summed E-state index contributed by atoms with van der Waals surface area (Å²) in [5.74, 6) is -0.968. The number of piperazine rings is 1. The molecule has 1 heterocycles. The number of carbonyl (C=O) groups excluding carboxylic acids is 1. The molecule has 7 heteroatoms. The molecule has 3 N–H and O–H groups in total. The maximum Gasteiger partial charge on any atom is 0.274 e. The van der Waals surface area contributed by atoms with Crippen LogP contribution in [-0.2, 0) is 4.79 Å². The van der Waals surface area contributed by atoms with Crippen LogP contribution in [0.25, 0.3) is 0 Å². The smallest absolute Gasteiger partial charge is 0.274 e. The van der Waals surface area contributed by atoms with Crippen molar-refractivity contribution in [3.63, 3.8) is 0 Å². The fourth-order valence-corrected chi connectivity index (χ4v) is 2.03. The van der Waals surface area contributed by atoms with Crippen molar-refractivity contribution >= 4 is 17.5 Å². The lowest BCUT2D eigenvalue weighted by Crippen LogP contribution is -2.55. The third-order valence-electron chi connectivity index (χ3n) is 2.87. The zero-order valence-electron chi connectivity index (χ0n) is 10.2. The summed E-state index contributed by atoms with van der Waals surface area (Å²) < 4.78 is 18.8. The molecule has 1 aliphatic rings. The van der Waals surface area contributed by atoms with Gasteiger partial charge in [-0.05, 0) is 12.1 Å². The molecule has 0 aliphatic carbocycles. The molecular formula is C12H15ClFN3O2. The van der Waals surface area contributed by atoms with E-state index in [1.807, 2.05) is 4.90 Å². The monoisotopic (exact) mass is 287 g/mol. The number of rotatable bonds is 4.